The fraction of sp³-hybridized carbons (Fsp3) is 0. The molecule has 1 aliphatic carbocycles. The molecule has 90 valence electrons. The monoisotopic (exact) mass is 248 g/mol. The number of carbonyl (C=O) groups excluding carboxylic acids is 1. The summed E-state index contributed by atoms with van der Waals surface area (Å²) in [7, 11) is 0. The molecule has 4 rings (SSSR count). The zero-order valence-electron chi connectivity index (χ0n) is 9.84. The second kappa shape index (κ2) is 3.42. The molecule has 1 aromatic heterocycles. The van der Waals surface area contributed by atoms with E-state index in [0.29, 0.717) is 22.3 Å². The van der Waals surface area contributed by atoms with Crippen molar-refractivity contribution in [2.24, 2.45) is 0 Å². The van der Waals surface area contributed by atoms with Crippen molar-refractivity contribution in [3.63, 3.8) is 0 Å². The molecule has 0 aliphatic heterocycles. The SMILES string of the molecule is O=C1c2c(-c3ccccc3)oc3cccc1c3c2=O. The molecule has 0 unspecified atom stereocenters. The van der Waals surface area contributed by atoms with E-state index in [-0.39, 0.29) is 16.8 Å². The molecule has 3 heteroatoms. The predicted molar refractivity (Wildman–Crippen MR) is 71.4 cm³/mol. The number of hydrogen-bond acceptors (Lipinski definition) is 3. The molecule has 0 spiro atoms. The van der Waals surface area contributed by atoms with E-state index in [9.17, 15) is 9.59 Å². The molecule has 0 N–H and O–H groups in total. The van der Waals surface area contributed by atoms with Crippen molar-refractivity contribution in [3.8, 4) is 11.3 Å². The van der Waals surface area contributed by atoms with Gasteiger partial charge in [0.1, 0.15) is 16.9 Å². The van der Waals surface area contributed by atoms with Crippen molar-refractivity contribution < 1.29 is 9.21 Å². The second-order valence-electron chi connectivity index (χ2n) is 4.51. The van der Waals surface area contributed by atoms with Gasteiger partial charge in [-0.25, -0.2) is 0 Å². The molecule has 3 nitrogen and oxygen atoms in total. The maximum Gasteiger partial charge on any atom is 0.205 e. The van der Waals surface area contributed by atoms with Crippen molar-refractivity contribution >= 4 is 16.8 Å². The zero-order valence-corrected chi connectivity index (χ0v) is 9.84. The Bertz CT molecular complexity index is 889. The van der Waals surface area contributed by atoms with Gasteiger partial charge in [0.05, 0.1) is 5.39 Å². The first-order valence-corrected chi connectivity index (χ1v) is 5.97. The van der Waals surface area contributed by atoms with Crippen molar-refractivity contribution in [2.45, 2.75) is 0 Å². The highest BCUT2D eigenvalue weighted by atomic mass is 16.3. The summed E-state index contributed by atoms with van der Waals surface area (Å²) in [6.45, 7) is 0. The van der Waals surface area contributed by atoms with Crippen LogP contribution in [0.4, 0.5) is 0 Å². The van der Waals surface area contributed by atoms with Gasteiger partial charge in [-0.2, -0.15) is 0 Å². The van der Waals surface area contributed by atoms with E-state index in [2.05, 4.69) is 0 Å². The van der Waals surface area contributed by atoms with Gasteiger partial charge in [-0.1, -0.05) is 42.5 Å². The third-order valence-corrected chi connectivity index (χ3v) is 3.43. The van der Waals surface area contributed by atoms with Crippen molar-refractivity contribution in [2.75, 3.05) is 0 Å². The van der Waals surface area contributed by atoms with Crippen LogP contribution in [0.3, 0.4) is 0 Å². The summed E-state index contributed by atoms with van der Waals surface area (Å²) in [4.78, 5) is 24.6. The largest absolute Gasteiger partial charge is 0.455 e. The lowest BCUT2D eigenvalue weighted by Gasteiger charge is -2.02. The molecule has 19 heavy (non-hydrogen) atoms. The Morgan fingerprint density at radius 2 is 1.63 bits per heavy atom. The van der Waals surface area contributed by atoms with Crippen LogP contribution in [0.15, 0.2) is 57.7 Å². The molecular weight excluding hydrogens is 240 g/mol. The normalized spacial score (nSPS) is 12.5. The van der Waals surface area contributed by atoms with E-state index in [1.54, 1.807) is 18.2 Å². The average molecular weight is 248 g/mol. The Morgan fingerprint density at radius 1 is 0.842 bits per heavy atom. The minimum absolute atomic E-state index is 0.153. The van der Waals surface area contributed by atoms with Gasteiger partial charge in [0, 0.05) is 11.1 Å². The molecule has 3 aromatic rings. The summed E-state index contributed by atoms with van der Waals surface area (Å²) in [5.74, 6) is 0.127. The van der Waals surface area contributed by atoms with Crippen LogP contribution < -0.4 is 5.43 Å². The first-order valence-electron chi connectivity index (χ1n) is 5.97. The molecule has 1 aliphatic rings. The number of rotatable bonds is 1. The van der Waals surface area contributed by atoms with Gasteiger partial charge in [0.2, 0.25) is 11.2 Å². The van der Waals surface area contributed by atoms with E-state index in [0.717, 1.165) is 5.56 Å². The van der Waals surface area contributed by atoms with Crippen LogP contribution in [-0.2, 0) is 0 Å². The molecule has 0 atom stereocenters. The summed E-state index contributed by atoms with van der Waals surface area (Å²) in [5.41, 5.74) is 1.59. The van der Waals surface area contributed by atoms with Gasteiger partial charge >= 0.3 is 0 Å². The van der Waals surface area contributed by atoms with Gasteiger partial charge in [-0.3, -0.25) is 9.59 Å². The van der Waals surface area contributed by atoms with Crippen LogP contribution in [0.1, 0.15) is 15.9 Å². The van der Waals surface area contributed by atoms with Crippen LogP contribution >= 0.6 is 0 Å². The lowest BCUT2D eigenvalue weighted by atomic mass is 10.1. The van der Waals surface area contributed by atoms with E-state index in [4.69, 9.17) is 4.42 Å². The second-order valence-corrected chi connectivity index (χ2v) is 4.51. The maximum atomic E-state index is 12.3. The van der Waals surface area contributed by atoms with Gasteiger partial charge < -0.3 is 4.42 Å². The highest BCUT2D eigenvalue weighted by Gasteiger charge is 2.31. The minimum atomic E-state index is -0.238. The van der Waals surface area contributed by atoms with Crippen LogP contribution in [0.25, 0.3) is 22.3 Å². The molecule has 0 fully saturated rings. The number of benzene rings is 2. The first kappa shape index (κ1) is 10.3. The predicted octanol–water partition coefficient (Wildman–Crippen LogP) is 3.00. The summed E-state index contributed by atoms with van der Waals surface area (Å²) >= 11 is 0. The minimum Gasteiger partial charge on any atom is -0.455 e. The number of fused-ring (bicyclic) bond motifs is 1. The standard InChI is InChI=1S/C16H8O3/c17-14-10-7-4-8-11-12(10)15(18)13(14)16(19-11)9-5-2-1-3-6-9/h1-8H. The smallest absolute Gasteiger partial charge is 0.205 e. The van der Waals surface area contributed by atoms with E-state index in [1.165, 1.54) is 0 Å². The van der Waals surface area contributed by atoms with Crippen LogP contribution in [0, 0.1) is 0 Å². The fourth-order valence-corrected chi connectivity index (χ4v) is 2.56. The van der Waals surface area contributed by atoms with Crippen molar-refractivity contribution in [3.05, 3.63) is 69.9 Å². The van der Waals surface area contributed by atoms with Crippen LogP contribution in [0.5, 0.6) is 0 Å². The highest BCUT2D eigenvalue weighted by molar-refractivity contribution is 6.23. The Kier molecular flexibility index (Phi) is 1.85. The highest BCUT2D eigenvalue weighted by Crippen LogP contribution is 2.33. The summed E-state index contributed by atoms with van der Waals surface area (Å²) in [6.07, 6.45) is 0. The number of hydrogen-bond donors (Lipinski definition) is 0. The summed E-state index contributed by atoms with van der Waals surface area (Å²) < 4.78 is 5.76. The van der Waals surface area contributed by atoms with E-state index in [1.807, 2.05) is 30.3 Å². The lowest BCUT2D eigenvalue weighted by molar-refractivity contribution is 0.104. The number of carbonyl (C=O) groups is 1. The van der Waals surface area contributed by atoms with Crippen LogP contribution in [0.2, 0.25) is 0 Å². The summed E-state index contributed by atoms with van der Waals surface area (Å²) in [6, 6.07) is 14.3. The van der Waals surface area contributed by atoms with E-state index >= 15 is 0 Å². The zero-order chi connectivity index (χ0) is 13.0. The molecule has 0 saturated heterocycles. The molecule has 0 amide bonds. The fourth-order valence-electron chi connectivity index (χ4n) is 2.56. The quantitative estimate of drug-likeness (QED) is 0.520. The molecule has 0 radical (unpaired) electrons. The van der Waals surface area contributed by atoms with Gasteiger partial charge in [0.25, 0.3) is 0 Å². The topological polar surface area (TPSA) is 47.3 Å². The Morgan fingerprint density at radius 3 is 2.42 bits per heavy atom. The first-order chi connectivity index (χ1) is 9.27. The summed E-state index contributed by atoms with van der Waals surface area (Å²) in [5, 5.41) is 0.405. The molecule has 2 aromatic carbocycles. The molecule has 2 bridgehead atoms. The van der Waals surface area contributed by atoms with Gasteiger partial charge in [-0.15, -0.1) is 0 Å². The van der Waals surface area contributed by atoms with Crippen molar-refractivity contribution in [1.82, 2.24) is 0 Å². The van der Waals surface area contributed by atoms with Crippen molar-refractivity contribution in [1.29, 1.82) is 0 Å². The molecular formula is C16H8O3. The van der Waals surface area contributed by atoms with E-state index < -0.39 is 0 Å². The molecule has 1 heterocycles. The molecule has 0 saturated carbocycles. The third kappa shape index (κ3) is 1.21. The maximum absolute atomic E-state index is 12.3. The third-order valence-electron chi connectivity index (χ3n) is 3.43. The lowest BCUT2D eigenvalue weighted by Crippen LogP contribution is -2.07. The van der Waals surface area contributed by atoms with Crippen LogP contribution in [-0.4, -0.2) is 5.78 Å². The van der Waals surface area contributed by atoms with Gasteiger partial charge in [0.15, 0.2) is 0 Å². The Hall–Kier alpha value is -2.68. The van der Waals surface area contributed by atoms with Gasteiger partial charge in [-0.05, 0) is 6.07 Å². The average Bonchev–Trinajstić information content (AvgIpc) is 2.67. The Balaban J connectivity index is 2.19. The Labute approximate surface area is 108 Å². The number of ketones is 1.